The fourth-order valence-electron chi connectivity index (χ4n) is 2.17. The lowest BCUT2D eigenvalue weighted by Crippen LogP contribution is -2.41. The summed E-state index contributed by atoms with van der Waals surface area (Å²) in [5.41, 5.74) is -1.60. The molecule has 1 heterocycles. The third-order valence-electron chi connectivity index (χ3n) is 4.15. The van der Waals surface area contributed by atoms with Crippen LogP contribution in [0.2, 0.25) is 0 Å². The number of nitrogens with one attached hydrogen (secondary N) is 1. The first-order valence-electron chi connectivity index (χ1n) is 7.22. The van der Waals surface area contributed by atoms with E-state index in [0.717, 1.165) is 12.1 Å². The normalized spacial score (nSPS) is 19.3. The molecule has 120 valence electrons. The maximum Gasteiger partial charge on any atom is 0.495 e. The molecule has 0 aliphatic carbocycles. The summed E-state index contributed by atoms with van der Waals surface area (Å²) in [6, 6.07) is 2.16. The molecular formula is C15H20BF2NO3. The average molecular weight is 311 g/mol. The number of halogens is 2. The molecule has 1 aromatic rings. The van der Waals surface area contributed by atoms with E-state index in [1.165, 1.54) is 0 Å². The van der Waals surface area contributed by atoms with Crippen LogP contribution in [-0.4, -0.2) is 30.8 Å². The van der Waals surface area contributed by atoms with Crippen LogP contribution >= 0.6 is 0 Å². The molecule has 1 aliphatic heterocycles. The van der Waals surface area contributed by atoms with Crippen LogP contribution in [0.25, 0.3) is 0 Å². The zero-order valence-electron chi connectivity index (χ0n) is 13.4. The van der Waals surface area contributed by atoms with E-state index in [4.69, 9.17) is 9.31 Å². The quantitative estimate of drug-likeness (QED) is 0.869. The zero-order valence-corrected chi connectivity index (χ0v) is 13.4. The molecule has 2 rings (SSSR count). The molecule has 7 heteroatoms. The summed E-state index contributed by atoms with van der Waals surface area (Å²) in [5.74, 6) is -2.65. The molecule has 0 saturated carbocycles. The number of hydrogen-bond acceptors (Lipinski definition) is 3. The minimum absolute atomic E-state index is 0.210. The molecule has 0 aromatic heterocycles. The van der Waals surface area contributed by atoms with Crippen molar-refractivity contribution in [1.29, 1.82) is 0 Å². The first kappa shape index (κ1) is 16.9. The third kappa shape index (κ3) is 2.87. The van der Waals surface area contributed by atoms with Crippen LogP contribution in [0.3, 0.4) is 0 Å². The van der Waals surface area contributed by atoms with Crippen molar-refractivity contribution >= 4 is 18.5 Å². The summed E-state index contributed by atoms with van der Waals surface area (Å²) in [5, 5.41) is 2.38. The van der Waals surface area contributed by atoms with Crippen molar-refractivity contribution in [3.8, 4) is 0 Å². The van der Waals surface area contributed by atoms with Gasteiger partial charge in [0, 0.05) is 6.54 Å². The largest absolute Gasteiger partial charge is 0.495 e. The number of carbonyl (C=O) groups is 1. The highest BCUT2D eigenvalue weighted by Gasteiger charge is 2.52. The van der Waals surface area contributed by atoms with E-state index >= 15 is 0 Å². The number of carbonyl (C=O) groups excluding carboxylic acids is 1. The van der Waals surface area contributed by atoms with Gasteiger partial charge in [-0.25, -0.2) is 8.78 Å². The Morgan fingerprint density at radius 2 is 1.59 bits per heavy atom. The Balaban J connectivity index is 2.34. The van der Waals surface area contributed by atoms with Gasteiger partial charge in [-0.2, -0.15) is 0 Å². The zero-order chi connectivity index (χ0) is 16.7. The summed E-state index contributed by atoms with van der Waals surface area (Å²) in [6.45, 7) is 9.36. The second-order valence-corrected chi connectivity index (χ2v) is 6.31. The van der Waals surface area contributed by atoms with E-state index in [-0.39, 0.29) is 12.0 Å². The Morgan fingerprint density at radius 3 is 2.00 bits per heavy atom. The van der Waals surface area contributed by atoms with Crippen molar-refractivity contribution in [3.05, 3.63) is 29.3 Å². The van der Waals surface area contributed by atoms with Gasteiger partial charge < -0.3 is 14.6 Å². The molecule has 0 unspecified atom stereocenters. The lowest BCUT2D eigenvalue weighted by atomic mass is 9.78. The highest BCUT2D eigenvalue weighted by atomic mass is 19.1. The summed E-state index contributed by atoms with van der Waals surface area (Å²) in [7, 11) is -0.878. The van der Waals surface area contributed by atoms with E-state index < -0.39 is 41.4 Å². The van der Waals surface area contributed by atoms with Gasteiger partial charge in [-0.05, 0) is 52.2 Å². The van der Waals surface area contributed by atoms with Crippen LogP contribution in [-0.2, 0) is 9.31 Å². The van der Waals surface area contributed by atoms with E-state index in [9.17, 15) is 13.6 Å². The lowest BCUT2D eigenvalue weighted by molar-refractivity contribution is 0.00578. The molecule has 4 nitrogen and oxygen atoms in total. The van der Waals surface area contributed by atoms with Crippen LogP contribution in [0.5, 0.6) is 0 Å². The van der Waals surface area contributed by atoms with Crippen molar-refractivity contribution in [1.82, 2.24) is 5.32 Å². The molecule has 1 amide bonds. The molecule has 0 bridgehead atoms. The number of benzene rings is 1. The van der Waals surface area contributed by atoms with Crippen LogP contribution in [0, 0.1) is 11.6 Å². The number of hydrogen-bond donors (Lipinski definition) is 1. The van der Waals surface area contributed by atoms with E-state index in [2.05, 4.69) is 5.32 Å². The summed E-state index contributed by atoms with van der Waals surface area (Å²) in [6.07, 6.45) is 0. The molecule has 1 saturated heterocycles. The lowest BCUT2D eigenvalue weighted by Gasteiger charge is -2.32. The van der Waals surface area contributed by atoms with E-state index in [1.54, 1.807) is 6.92 Å². The molecular weight excluding hydrogens is 291 g/mol. The van der Waals surface area contributed by atoms with Crippen LogP contribution in [0.15, 0.2) is 12.1 Å². The SMILES string of the molecule is CCNC(=O)c1c(F)cc(B2OC(C)(C)C(C)(C)O2)cc1F. The molecule has 1 aromatic carbocycles. The highest BCUT2D eigenvalue weighted by Crippen LogP contribution is 2.36. The average Bonchev–Trinajstić information content (AvgIpc) is 2.58. The topological polar surface area (TPSA) is 47.6 Å². The predicted octanol–water partition coefficient (Wildman–Crippen LogP) is 2.01. The van der Waals surface area contributed by atoms with E-state index in [1.807, 2.05) is 27.7 Å². The fraction of sp³-hybridized carbons (Fsp3) is 0.533. The molecule has 22 heavy (non-hydrogen) atoms. The van der Waals surface area contributed by atoms with Gasteiger partial charge in [0.05, 0.1) is 11.2 Å². The van der Waals surface area contributed by atoms with Gasteiger partial charge in [0.15, 0.2) is 0 Å². The first-order chi connectivity index (χ1) is 10.1. The van der Waals surface area contributed by atoms with Crippen molar-refractivity contribution in [3.63, 3.8) is 0 Å². The van der Waals surface area contributed by atoms with Crippen LogP contribution in [0.1, 0.15) is 45.0 Å². The smallest absolute Gasteiger partial charge is 0.399 e. The van der Waals surface area contributed by atoms with E-state index in [0.29, 0.717) is 0 Å². The molecule has 0 spiro atoms. The summed E-state index contributed by atoms with van der Waals surface area (Å²) >= 11 is 0. The Labute approximate surface area is 129 Å². The Morgan fingerprint density at radius 1 is 1.14 bits per heavy atom. The van der Waals surface area contributed by atoms with Gasteiger partial charge in [-0.3, -0.25) is 4.79 Å². The van der Waals surface area contributed by atoms with Crippen molar-refractivity contribution < 1.29 is 22.9 Å². The Hall–Kier alpha value is -1.47. The van der Waals surface area contributed by atoms with Crippen LogP contribution < -0.4 is 10.8 Å². The Bertz CT molecular complexity index is 565. The maximum absolute atomic E-state index is 14.1. The molecule has 0 atom stereocenters. The van der Waals surface area contributed by atoms with Crippen molar-refractivity contribution in [2.45, 2.75) is 45.8 Å². The van der Waals surface area contributed by atoms with Gasteiger partial charge in [0.1, 0.15) is 17.2 Å². The van der Waals surface area contributed by atoms with Crippen molar-refractivity contribution in [2.75, 3.05) is 6.54 Å². The predicted molar refractivity (Wildman–Crippen MR) is 80.1 cm³/mol. The van der Waals surface area contributed by atoms with Gasteiger partial charge in [0.2, 0.25) is 0 Å². The fourth-order valence-corrected chi connectivity index (χ4v) is 2.17. The van der Waals surface area contributed by atoms with Gasteiger partial charge in [0.25, 0.3) is 5.91 Å². The Kier molecular flexibility index (Phi) is 4.32. The second kappa shape index (κ2) is 5.63. The standard InChI is InChI=1S/C15H20BF2NO3/c1-6-19-13(20)12-10(17)7-9(8-11(12)18)16-21-14(2,3)15(4,5)22-16/h7-8H,6H2,1-5H3,(H,19,20). The summed E-state index contributed by atoms with van der Waals surface area (Å²) in [4.78, 5) is 11.7. The van der Waals surface area contributed by atoms with Gasteiger partial charge in [-0.1, -0.05) is 0 Å². The van der Waals surface area contributed by atoms with Crippen LogP contribution in [0.4, 0.5) is 8.78 Å². The molecule has 1 N–H and O–H groups in total. The maximum atomic E-state index is 14.1. The molecule has 1 aliphatic rings. The van der Waals surface area contributed by atoms with Gasteiger partial charge >= 0.3 is 7.12 Å². The third-order valence-corrected chi connectivity index (χ3v) is 4.15. The number of rotatable bonds is 3. The second-order valence-electron chi connectivity index (χ2n) is 6.31. The number of amides is 1. The monoisotopic (exact) mass is 311 g/mol. The van der Waals surface area contributed by atoms with Gasteiger partial charge in [-0.15, -0.1) is 0 Å². The molecule has 1 fully saturated rings. The van der Waals surface area contributed by atoms with Crippen molar-refractivity contribution in [2.24, 2.45) is 0 Å². The minimum Gasteiger partial charge on any atom is -0.399 e. The molecule has 0 radical (unpaired) electrons. The first-order valence-corrected chi connectivity index (χ1v) is 7.22. The highest BCUT2D eigenvalue weighted by molar-refractivity contribution is 6.62. The minimum atomic E-state index is -0.935. The summed E-state index contributed by atoms with van der Waals surface area (Å²) < 4.78 is 39.7.